The van der Waals surface area contributed by atoms with E-state index < -0.39 is 140 Å². The molecular formula is C34H59N11O14. The number of carbonyl (C=O) groups is 10. The standard InChI is InChI=1S/C34H59N11O14/c1-15(2)13-22(29(55)39-14-25(51)52)44-33(59)26(18(5)46)45-32(58)19(7-6-12-38-34(36)37)42-31(57)21(9-11-24(49)50)43-30(56)20(8-10-23(47)48)41-28(54)17(4)40-27(53)16(3)35/h15-22,26,46H,6-14,35H2,1-5H3,(H,39,55)(H,40,53)(H,41,54)(H,42,57)(H,43,56)(H,44,59)(H,45,58)(H,47,48)(H,49,50)(H,51,52)(H4,36,37,38)/t16-,17-,18+,19-,20-,21-,22-,26-/m0/s1. The van der Waals surface area contributed by atoms with Crippen molar-refractivity contribution >= 4 is 65.2 Å². The topological polar surface area (TPSA) is 426 Å². The molecule has 0 aliphatic heterocycles. The molecule has 25 nitrogen and oxygen atoms in total. The minimum atomic E-state index is -1.75. The van der Waals surface area contributed by atoms with Crippen molar-refractivity contribution in [3.8, 4) is 0 Å². The third-order valence-corrected chi connectivity index (χ3v) is 8.12. The summed E-state index contributed by atoms with van der Waals surface area (Å²) >= 11 is 0. The van der Waals surface area contributed by atoms with Crippen LogP contribution in [0.2, 0.25) is 0 Å². The Bertz CT molecular complexity index is 1540. The number of carboxylic acid groups (broad SMARTS) is 3. The van der Waals surface area contributed by atoms with Crippen molar-refractivity contribution in [1.29, 1.82) is 0 Å². The van der Waals surface area contributed by atoms with Crippen molar-refractivity contribution in [3.05, 3.63) is 0 Å². The number of hydrogen-bond donors (Lipinski definition) is 14. The van der Waals surface area contributed by atoms with Crippen LogP contribution in [0.1, 0.15) is 79.6 Å². The number of amides is 7. The van der Waals surface area contributed by atoms with E-state index in [4.69, 9.17) is 22.3 Å². The molecule has 0 aromatic rings. The van der Waals surface area contributed by atoms with Crippen molar-refractivity contribution in [3.63, 3.8) is 0 Å². The van der Waals surface area contributed by atoms with Gasteiger partial charge in [-0.15, -0.1) is 0 Å². The number of guanidine groups is 1. The highest BCUT2D eigenvalue weighted by Crippen LogP contribution is 2.09. The van der Waals surface area contributed by atoms with Crippen molar-refractivity contribution in [2.45, 2.75) is 128 Å². The first-order valence-electron chi connectivity index (χ1n) is 18.6. The molecular weight excluding hydrogens is 786 g/mol. The lowest BCUT2D eigenvalue weighted by Crippen LogP contribution is -2.61. The van der Waals surface area contributed by atoms with Gasteiger partial charge in [-0.1, -0.05) is 13.8 Å². The van der Waals surface area contributed by atoms with Gasteiger partial charge in [0.25, 0.3) is 0 Å². The number of nitrogens with zero attached hydrogens (tertiary/aromatic N) is 1. The Morgan fingerprint density at radius 2 is 1.02 bits per heavy atom. The molecule has 0 fully saturated rings. The van der Waals surface area contributed by atoms with Crippen LogP contribution in [0.5, 0.6) is 0 Å². The van der Waals surface area contributed by atoms with E-state index in [1.807, 2.05) is 0 Å². The second-order valence-electron chi connectivity index (χ2n) is 14.0. The summed E-state index contributed by atoms with van der Waals surface area (Å²) in [4.78, 5) is 129. The summed E-state index contributed by atoms with van der Waals surface area (Å²) in [6.45, 7) is 6.39. The molecule has 334 valence electrons. The van der Waals surface area contributed by atoms with Gasteiger partial charge in [0, 0.05) is 19.4 Å². The first-order chi connectivity index (χ1) is 27.3. The molecule has 0 saturated carbocycles. The molecule has 17 N–H and O–H groups in total. The summed E-state index contributed by atoms with van der Waals surface area (Å²) in [6.07, 6.45) is -4.21. The molecule has 0 radical (unpaired) electrons. The molecule has 0 aliphatic rings. The molecule has 0 aromatic heterocycles. The first-order valence-corrected chi connectivity index (χ1v) is 18.6. The molecule has 8 atom stereocenters. The number of aliphatic imine (C=N–C) groups is 1. The average molecular weight is 846 g/mol. The van der Waals surface area contributed by atoms with E-state index in [0.29, 0.717) is 0 Å². The number of aliphatic carboxylic acids is 3. The van der Waals surface area contributed by atoms with Crippen LogP contribution in [0, 0.1) is 5.92 Å². The molecule has 59 heavy (non-hydrogen) atoms. The Hall–Kier alpha value is -6.11. The number of aliphatic hydroxyl groups is 1. The van der Waals surface area contributed by atoms with E-state index in [9.17, 15) is 63.3 Å². The van der Waals surface area contributed by atoms with Crippen molar-refractivity contribution in [1.82, 2.24) is 37.2 Å². The van der Waals surface area contributed by atoms with Gasteiger partial charge in [0.2, 0.25) is 41.4 Å². The number of carbonyl (C=O) groups excluding carboxylic acids is 7. The zero-order chi connectivity index (χ0) is 45.6. The lowest BCUT2D eigenvalue weighted by atomic mass is 10.0. The molecule has 25 heteroatoms. The zero-order valence-electron chi connectivity index (χ0n) is 33.6. The number of rotatable bonds is 28. The fraction of sp³-hybridized carbons (Fsp3) is 0.676. The molecule has 7 amide bonds. The van der Waals surface area contributed by atoms with Crippen LogP contribution in [0.3, 0.4) is 0 Å². The predicted octanol–water partition coefficient (Wildman–Crippen LogP) is -5.33. The number of nitrogens with two attached hydrogens (primary N) is 3. The molecule has 0 saturated heterocycles. The van der Waals surface area contributed by atoms with Crippen molar-refractivity contribution < 1.29 is 68.4 Å². The lowest BCUT2D eigenvalue weighted by molar-refractivity contribution is -0.140. The number of hydrogen-bond acceptors (Lipinski definition) is 13. The minimum absolute atomic E-state index is 0.0229. The van der Waals surface area contributed by atoms with Gasteiger partial charge in [-0.2, -0.15) is 0 Å². The van der Waals surface area contributed by atoms with Crippen molar-refractivity contribution in [2.75, 3.05) is 13.1 Å². The van der Waals surface area contributed by atoms with E-state index in [-0.39, 0.29) is 37.7 Å². The SMILES string of the molecule is CC(C)C[C@H](NC(=O)[C@@H](NC(=O)[C@H](CCCN=C(N)N)NC(=O)[C@H](CCC(=O)O)NC(=O)[C@H](CCC(=O)O)NC(=O)[C@H](C)NC(=O)[C@H](C)N)[C@@H](C)O)C(=O)NCC(=O)O. The molecule has 0 heterocycles. The Kier molecular flexibility index (Phi) is 24.0. The minimum Gasteiger partial charge on any atom is -0.481 e. The Morgan fingerprint density at radius 1 is 0.559 bits per heavy atom. The Morgan fingerprint density at radius 3 is 1.44 bits per heavy atom. The summed E-state index contributed by atoms with van der Waals surface area (Å²) < 4.78 is 0. The van der Waals surface area contributed by atoms with Crippen LogP contribution in [-0.4, -0.2) is 147 Å². The van der Waals surface area contributed by atoms with E-state index in [1.54, 1.807) is 13.8 Å². The van der Waals surface area contributed by atoms with Crippen LogP contribution in [0.25, 0.3) is 0 Å². The van der Waals surface area contributed by atoms with Crippen LogP contribution in [0.15, 0.2) is 4.99 Å². The predicted molar refractivity (Wildman–Crippen MR) is 206 cm³/mol. The van der Waals surface area contributed by atoms with Crippen molar-refractivity contribution in [2.24, 2.45) is 28.1 Å². The molecule has 0 bridgehead atoms. The normalized spacial score (nSPS) is 14.9. The van der Waals surface area contributed by atoms with Gasteiger partial charge >= 0.3 is 17.9 Å². The average Bonchev–Trinajstić information content (AvgIpc) is 3.12. The fourth-order valence-electron chi connectivity index (χ4n) is 5.01. The smallest absolute Gasteiger partial charge is 0.322 e. The third kappa shape index (κ3) is 22.4. The van der Waals surface area contributed by atoms with E-state index in [2.05, 4.69) is 42.2 Å². The van der Waals surface area contributed by atoms with Crippen LogP contribution >= 0.6 is 0 Å². The third-order valence-electron chi connectivity index (χ3n) is 8.12. The van der Waals surface area contributed by atoms with E-state index >= 15 is 0 Å². The second-order valence-corrected chi connectivity index (χ2v) is 14.0. The molecule has 0 unspecified atom stereocenters. The van der Waals surface area contributed by atoms with Gasteiger partial charge < -0.3 is 74.8 Å². The first kappa shape index (κ1) is 52.9. The monoisotopic (exact) mass is 845 g/mol. The van der Waals surface area contributed by atoms with Crippen LogP contribution in [0.4, 0.5) is 0 Å². The summed E-state index contributed by atoms with van der Waals surface area (Å²) in [6, 6.07) is -10.2. The van der Waals surface area contributed by atoms with Gasteiger partial charge in [-0.3, -0.25) is 52.9 Å². The van der Waals surface area contributed by atoms with Gasteiger partial charge in [-0.25, -0.2) is 0 Å². The highest BCUT2D eigenvalue weighted by Gasteiger charge is 2.35. The number of aliphatic hydroxyl groups excluding tert-OH is 1. The number of nitrogens with one attached hydrogen (secondary N) is 7. The second kappa shape index (κ2) is 26.7. The molecule has 0 aliphatic carbocycles. The molecule has 0 rings (SSSR count). The van der Waals surface area contributed by atoms with Crippen LogP contribution in [-0.2, 0) is 47.9 Å². The maximum atomic E-state index is 13.7. The van der Waals surface area contributed by atoms with Gasteiger partial charge in [0.15, 0.2) is 5.96 Å². The van der Waals surface area contributed by atoms with E-state index in [0.717, 1.165) is 6.92 Å². The maximum Gasteiger partial charge on any atom is 0.322 e. The number of carboxylic acids is 3. The lowest BCUT2D eigenvalue weighted by Gasteiger charge is -2.28. The van der Waals surface area contributed by atoms with Gasteiger partial charge in [0.1, 0.15) is 42.8 Å². The Labute approximate surface area is 339 Å². The van der Waals surface area contributed by atoms with E-state index in [1.165, 1.54) is 13.8 Å². The highest BCUT2D eigenvalue weighted by molar-refractivity contribution is 5.97. The molecule has 0 spiro atoms. The summed E-state index contributed by atoms with van der Waals surface area (Å²) in [7, 11) is 0. The highest BCUT2D eigenvalue weighted by atomic mass is 16.4. The van der Waals surface area contributed by atoms with Crippen LogP contribution < -0.4 is 54.4 Å². The zero-order valence-corrected chi connectivity index (χ0v) is 33.6. The van der Waals surface area contributed by atoms with Gasteiger partial charge in [-0.05, 0) is 58.8 Å². The summed E-state index contributed by atoms with van der Waals surface area (Å²) in [5.74, 6) is -11.4. The largest absolute Gasteiger partial charge is 0.481 e. The summed E-state index contributed by atoms with van der Waals surface area (Å²) in [5, 5.41) is 54.1. The molecule has 0 aromatic carbocycles. The maximum absolute atomic E-state index is 13.7. The summed E-state index contributed by atoms with van der Waals surface area (Å²) in [5.41, 5.74) is 16.2. The van der Waals surface area contributed by atoms with Gasteiger partial charge in [0.05, 0.1) is 12.1 Å². The fourth-order valence-corrected chi connectivity index (χ4v) is 5.01. The Balaban J connectivity index is 6.52. The quantitative estimate of drug-likeness (QED) is 0.0199.